The number of nitriles is 1. The van der Waals surface area contributed by atoms with Gasteiger partial charge in [0.05, 0.1) is 23.3 Å². The van der Waals surface area contributed by atoms with E-state index in [1.165, 1.54) is 6.07 Å². The molecule has 1 saturated carbocycles. The predicted octanol–water partition coefficient (Wildman–Crippen LogP) is 1.85. The number of amides is 1. The van der Waals surface area contributed by atoms with Crippen LogP contribution in [-0.2, 0) is 4.74 Å². The van der Waals surface area contributed by atoms with Gasteiger partial charge in [-0.3, -0.25) is 4.79 Å². The van der Waals surface area contributed by atoms with E-state index >= 15 is 0 Å². The number of nitrogens with zero attached hydrogens (tertiary/aromatic N) is 1. The average Bonchev–Trinajstić information content (AvgIpc) is 2.52. The van der Waals surface area contributed by atoms with E-state index in [-0.39, 0.29) is 18.6 Å². The van der Waals surface area contributed by atoms with Gasteiger partial charge in [-0.05, 0) is 25.1 Å². The fraction of sp³-hybridized carbons (Fsp3) is 0.529. The lowest BCUT2D eigenvalue weighted by molar-refractivity contribution is -0.237. The molecule has 2 atom stereocenters. The topological polar surface area (TPSA) is 82.3 Å². The quantitative estimate of drug-likeness (QED) is 0.869. The van der Waals surface area contributed by atoms with Gasteiger partial charge in [0.15, 0.2) is 0 Å². The molecule has 0 aromatic heterocycles. The van der Waals surface area contributed by atoms with Crippen LogP contribution in [0.3, 0.4) is 0 Å². The Balaban J connectivity index is 1.98. The van der Waals surface area contributed by atoms with Crippen molar-refractivity contribution in [1.82, 2.24) is 5.32 Å². The van der Waals surface area contributed by atoms with Crippen LogP contribution in [0.4, 0.5) is 0 Å². The first-order valence-electron chi connectivity index (χ1n) is 7.46. The van der Waals surface area contributed by atoms with E-state index < -0.39 is 11.0 Å². The van der Waals surface area contributed by atoms with Gasteiger partial charge >= 0.3 is 0 Å². The van der Waals surface area contributed by atoms with Gasteiger partial charge in [-0.15, -0.1) is 0 Å². The van der Waals surface area contributed by atoms with E-state index in [2.05, 4.69) is 5.32 Å². The number of rotatable bonds is 5. The molecular weight excluding hydrogens is 280 g/mol. The molecular formula is C17H22N2O3. The second-order valence-electron chi connectivity index (χ2n) is 6.28. The second-order valence-corrected chi connectivity index (χ2v) is 6.28. The molecule has 0 spiro atoms. The largest absolute Gasteiger partial charge is 0.387 e. The molecule has 2 rings (SSSR count). The van der Waals surface area contributed by atoms with Gasteiger partial charge in [0.2, 0.25) is 0 Å². The van der Waals surface area contributed by atoms with Crippen LogP contribution < -0.4 is 5.32 Å². The summed E-state index contributed by atoms with van der Waals surface area (Å²) < 4.78 is 5.60. The van der Waals surface area contributed by atoms with Gasteiger partial charge in [0, 0.05) is 30.6 Å². The second kappa shape index (κ2) is 6.07. The van der Waals surface area contributed by atoms with Gasteiger partial charge in [0.1, 0.15) is 0 Å². The lowest BCUT2D eigenvalue weighted by Gasteiger charge is -2.57. The molecule has 0 radical (unpaired) electrons. The molecule has 0 bridgehead atoms. The number of hydrogen-bond donors (Lipinski definition) is 2. The molecule has 22 heavy (non-hydrogen) atoms. The van der Waals surface area contributed by atoms with Crippen molar-refractivity contribution in [2.24, 2.45) is 5.41 Å². The summed E-state index contributed by atoms with van der Waals surface area (Å²) in [5.41, 5.74) is -0.534. The zero-order valence-electron chi connectivity index (χ0n) is 13.2. The minimum Gasteiger partial charge on any atom is -0.387 e. The lowest BCUT2D eigenvalue weighted by Crippen LogP contribution is -2.68. The maximum absolute atomic E-state index is 12.2. The van der Waals surface area contributed by atoms with Crippen LogP contribution in [-0.4, -0.2) is 35.9 Å². The Bertz CT molecular complexity index is 606. The molecule has 118 valence electrons. The van der Waals surface area contributed by atoms with Crippen molar-refractivity contribution in [2.75, 3.05) is 13.2 Å². The van der Waals surface area contributed by atoms with Gasteiger partial charge in [-0.2, -0.15) is 5.26 Å². The van der Waals surface area contributed by atoms with Gasteiger partial charge in [-0.1, -0.05) is 19.9 Å². The molecule has 1 aromatic rings. The Labute approximate surface area is 130 Å². The Morgan fingerprint density at radius 2 is 2.27 bits per heavy atom. The highest BCUT2D eigenvalue weighted by Gasteiger charge is 2.59. The summed E-state index contributed by atoms with van der Waals surface area (Å²) in [7, 11) is 0. The normalized spacial score (nSPS) is 25.9. The van der Waals surface area contributed by atoms with E-state index in [4.69, 9.17) is 10.00 Å². The number of benzene rings is 1. The van der Waals surface area contributed by atoms with Crippen LogP contribution in [0, 0.1) is 16.7 Å². The molecule has 1 aliphatic rings. The fourth-order valence-corrected chi connectivity index (χ4v) is 2.82. The molecule has 1 aliphatic carbocycles. The van der Waals surface area contributed by atoms with Gasteiger partial charge < -0.3 is 15.2 Å². The van der Waals surface area contributed by atoms with Gasteiger partial charge in [0.25, 0.3) is 5.91 Å². The van der Waals surface area contributed by atoms with E-state index in [1.807, 2.05) is 26.8 Å². The minimum atomic E-state index is -0.977. The summed E-state index contributed by atoms with van der Waals surface area (Å²) in [6.45, 7) is 6.59. The molecule has 0 heterocycles. The van der Waals surface area contributed by atoms with E-state index in [9.17, 15) is 9.90 Å². The first-order chi connectivity index (χ1) is 10.3. The first-order valence-corrected chi connectivity index (χ1v) is 7.46. The zero-order valence-corrected chi connectivity index (χ0v) is 13.2. The van der Waals surface area contributed by atoms with Crippen LogP contribution in [0.5, 0.6) is 0 Å². The van der Waals surface area contributed by atoms with Crippen molar-refractivity contribution in [3.8, 4) is 6.07 Å². The molecule has 0 unspecified atom stereocenters. The summed E-state index contributed by atoms with van der Waals surface area (Å²) in [5.74, 6) is -0.291. The van der Waals surface area contributed by atoms with Crippen molar-refractivity contribution in [3.63, 3.8) is 0 Å². The number of aliphatic hydroxyl groups is 1. The fourth-order valence-electron chi connectivity index (χ4n) is 2.82. The number of hydrogen-bond acceptors (Lipinski definition) is 4. The van der Waals surface area contributed by atoms with E-state index in [0.29, 0.717) is 24.2 Å². The Kier molecular flexibility index (Phi) is 4.55. The smallest absolute Gasteiger partial charge is 0.251 e. The minimum absolute atomic E-state index is 0.00122. The van der Waals surface area contributed by atoms with Crippen molar-refractivity contribution >= 4 is 5.91 Å². The standard InChI is InChI=1S/C17H22N2O3/c1-4-22-14-9-17(21,16(14,2)3)11-19-15(20)13-7-5-6-12(8-13)10-18/h5-8,14,21H,4,9,11H2,1-3H3,(H,19,20)/t14-,17-/m1/s1. The molecule has 0 saturated heterocycles. The van der Waals surface area contributed by atoms with Crippen molar-refractivity contribution in [1.29, 1.82) is 5.26 Å². The Morgan fingerprint density at radius 1 is 1.55 bits per heavy atom. The highest BCUT2D eigenvalue weighted by Crippen LogP contribution is 2.50. The number of nitrogens with one attached hydrogen (secondary N) is 1. The maximum Gasteiger partial charge on any atom is 0.251 e. The highest BCUT2D eigenvalue weighted by atomic mass is 16.5. The van der Waals surface area contributed by atoms with E-state index in [1.54, 1.807) is 18.2 Å². The molecule has 0 aliphatic heterocycles. The van der Waals surface area contributed by atoms with Crippen LogP contribution in [0.2, 0.25) is 0 Å². The summed E-state index contributed by atoms with van der Waals surface area (Å²) in [6, 6.07) is 8.50. The van der Waals surface area contributed by atoms with Crippen LogP contribution >= 0.6 is 0 Å². The van der Waals surface area contributed by atoms with Crippen molar-refractivity contribution in [2.45, 2.75) is 38.9 Å². The number of carbonyl (C=O) groups is 1. The summed E-state index contributed by atoms with van der Waals surface area (Å²) >= 11 is 0. The molecule has 5 heteroatoms. The summed E-state index contributed by atoms with van der Waals surface area (Å²) in [5, 5.41) is 22.3. The monoisotopic (exact) mass is 302 g/mol. The average molecular weight is 302 g/mol. The van der Waals surface area contributed by atoms with Gasteiger partial charge in [-0.25, -0.2) is 0 Å². The van der Waals surface area contributed by atoms with E-state index in [0.717, 1.165) is 0 Å². The van der Waals surface area contributed by atoms with Crippen LogP contribution in [0.1, 0.15) is 43.1 Å². The summed E-state index contributed by atoms with van der Waals surface area (Å²) in [4.78, 5) is 12.2. The first kappa shape index (κ1) is 16.5. The SMILES string of the molecule is CCO[C@@H]1C[C@@](O)(CNC(=O)c2cccc(C#N)c2)C1(C)C. The number of ether oxygens (including phenoxy) is 1. The predicted molar refractivity (Wildman–Crippen MR) is 82.3 cm³/mol. The Morgan fingerprint density at radius 3 is 2.86 bits per heavy atom. The van der Waals surface area contributed by atoms with Crippen molar-refractivity contribution in [3.05, 3.63) is 35.4 Å². The Hall–Kier alpha value is -1.90. The third-order valence-electron chi connectivity index (χ3n) is 4.69. The summed E-state index contributed by atoms with van der Waals surface area (Å²) in [6.07, 6.45) is 0.508. The molecule has 1 aromatic carbocycles. The van der Waals surface area contributed by atoms with Crippen LogP contribution in [0.15, 0.2) is 24.3 Å². The van der Waals surface area contributed by atoms with Crippen LogP contribution in [0.25, 0.3) is 0 Å². The zero-order chi connectivity index (χ0) is 16.4. The molecule has 1 amide bonds. The highest BCUT2D eigenvalue weighted by molar-refractivity contribution is 5.94. The molecule has 1 fully saturated rings. The third kappa shape index (κ3) is 2.85. The molecule has 5 nitrogen and oxygen atoms in total. The lowest BCUT2D eigenvalue weighted by atomic mass is 9.56. The maximum atomic E-state index is 12.2. The van der Waals surface area contributed by atoms with Crippen molar-refractivity contribution < 1.29 is 14.6 Å². The third-order valence-corrected chi connectivity index (χ3v) is 4.69. The molecule has 2 N–H and O–H groups in total. The number of carbonyl (C=O) groups excluding carboxylic acids is 1.